The third-order valence-electron chi connectivity index (χ3n) is 2.52. The zero-order valence-corrected chi connectivity index (χ0v) is 13.0. The fourth-order valence-electron chi connectivity index (χ4n) is 1.58. The van der Waals surface area contributed by atoms with Gasteiger partial charge in [0.1, 0.15) is 5.76 Å². The van der Waals surface area contributed by atoms with E-state index in [1.165, 1.54) is 0 Å². The van der Waals surface area contributed by atoms with Crippen LogP contribution in [0, 0.1) is 0 Å². The van der Waals surface area contributed by atoms with Gasteiger partial charge in [-0.2, -0.15) is 0 Å². The first-order valence-corrected chi connectivity index (χ1v) is 7.65. The lowest BCUT2D eigenvalue weighted by Crippen LogP contribution is -2.18. The van der Waals surface area contributed by atoms with Gasteiger partial charge in [-0.15, -0.1) is 11.8 Å². The van der Waals surface area contributed by atoms with Crippen molar-refractivity contribution in [1.82, 2.24) is 5.32 Å². The van der Waals surface area contributed by atoms with E-state index in [1.807, 2.05) is 31.3 Å². The van der Waals surface area contributed by atoms with E-state index in [2.05, 4.69) is 27.3 Å². The number of benzene rings is 1. The molecule has 0 spiro atoms. The molecule has 0 bridgehead atoms. The number of hydrogen-bond donors (Lipinski definition) is 1. The summed E-state index contributed by atoms with van der Waals surface area (Å²) in [5.41, 5.74) is 0. The molecule has 0 aliphatic carbocycles. The summed E-state index contributed by atoms with van der Waals surface area (Å²) in [4.78, 5) is 1.16. The molecule has 1 aromatic heterocycles. The summed E-state index contributed by atoms with van der Waals surface area (Å²) in [6.45, 7) is 0. The fraction of sp³-hybridized carbons (Fsp3) is 0.231. The molecule has 1 unspecified atom stereocenters. The lowest BCUT2D eigenvalue weighted by Gasteiger charge is -2.14. The summed E-state index contributed by atoms with van der Waals surface area (Å²) in [6.07, 6.45) is 1.69. The van der Waals surface area contributed by atoms with Gasteiger partial charge in [0, 0.05) is 15.7 Å². The highest BCUT2D eigenvalue weighted by Gasteiger charge is 2.16. The summed E-state index contributed by atoms with van der Waals surface area (Å²) >= 11 is 11.2. The highest BCUT2D eigenvalue weighted by Crippen LogP contribution is 2.30. The smallest absolute Gasteiger partial charge is 0.135 e. The van der Waals surface area contributed by atoms with Crippen LogP contribution in [0.1, 0.15) is 11.8 Å². The Balaban J connectivity index is 2.02. The van der Waals surface area contributed by atoms with Crippen LogP contribution < -0.4 is 5.32 Å². The Morgan fingerprint density at radius 3 is 2.89 bits per heavy atom. The molecule has 1 heterocycles. The van der Waals surface area contributed by atoms with Crippen molar-refractivity contribution in [2.45, 2.75) is 10.9 Å². The van der Waals surface area contributed by atoms with Gasteiger partial charge in [0.25, 0.3) is 0 Å². The number of halogens is 2. The molecule has 0 amide bonds. The number of hydrogen-bond acceptors (Lipinski definition) is 3. The van der Waals surface area contributed by atoms with Crippen LogP contribution in [0.2, 0.25) is 5.02 Å². The standard InChI is InChI=1S/C13H13BrClNOS/c1-16-12(13-11(14)5-6-17-13)8-18-10-4-2-3-9(15)7-10/h2-7,12,16H,8H2,1H3. The summed E-state index contributed by atoms with van der Waals surface area (Å²) in [7, 11) is 1.93. The monoisotopic (exact) mass is 345 g/mol. The predicted octanol–water partition coefficient (Wildman–Crippen LogP) is 4.75. The first-order chi connectivity index (χ1) is 8.70. The maximum atomic E-state index is 5.96. The minimum absolute atomic E-state index is 0.165. The average Bonchev–Trinajstić information content (AvgIpc) is 2.77. The van der Waals surface area contributed by atoms with Crippen LogP contribution in [-0.2, 0) is 0 Å². The largest absolute Gasteiger partial charge is 0.466 e. The Hall–Kier alpha value is -0.420. The van der Waals surface area contributed by atoms with Crippen LogP contribution in [0.3, 0.4) is 0 Å². The molecule has 1 aromatic carbocycles. The van der Waals surface area contributed by atoms with Crippen molar-refractivity contribution in [2.24, 2.45) is 0 Å². The van der Waals surface area contributed by atoms with Crippen molar-refractivity contribution in [3.05, 3.63) is 51.9 Å². The second-order valence-corrected chi connectivity index (χ2v) is 6.13. The molecule has 1 N–H and O–H groups in total. The van der Waals surface area contributed by atoms with E-state index in [0.717, 1.165) is 25.9 Å². The summed E-state index contributed by atoms with van der Waals surface area (Å²) < 4.78 is 6.47. The fourth-order valence-corrected chi connectivity index (χ4v) is 3.38. The molecule has 0 saturated carbocycles. The summed E-state index contributed by atoms with van der Waals surface area (Å²) in [5.74, 6) is 1.80. The molecule has 5 heteroatoms. The molecule has 2 aromatic rings. The Morgan fingerprint density at radius 1 is 1.44 bits per heavy atom. The molecular formula is C13H13BrClNOS. The van der Waals surface area contributed by atoms with E-state index in [1.54, 1.807) is 18.0 Å². The van der Waals surface area contributed by atoms with E-state index in [4.69, 9.17) is 16.0 Å². The molecule has 0 aliphatic rings. The molecule has 0 saturated heterocycles. The van der Waals surface area contributed by atoms with Crippen LogP contribution in [0.25, 0.3) is 0 Å². The molecule has 0 aliphatic heterocycles. The number of furan rings is 1. The molecule has 2 nitrogen and oxygen atoms in total. The van der Waals surface area contributed by atoms with Gasteiger partial charge in [-0.25, -0.2) is 0 Å². The minimum Gasteiger partial charge on any atom is -0.466 e. The molecule has 18 heavy (non-hydrogen) atoms. The van der Waals surface area contributed by atoms with E-state index in [9.17, 15) is 0 Å². The van der Waals surface area contributed by atoms with Crippen LogP contribution in [-0.4, -0.2) is 12.8 Å². The van der Waals surface area contributed by atoms with Gasteiger partial charge in [-0.1, -0.05) is 17.7 Å². The summed E-state index contributed by atoms with van der Waals surface area (Å²) in [6, 6.07) is 9.94. The number of thioether (sulfide) groups is 1. The van der Waals surface area contributed by atoms with Gasteiger partial charge < -0.3 is 9.73 Å². The first-order valence-electron chi connectivity index (χ1n) is 5.49. The van der Waals surface area contributed by atoms with Crippen molar-refractivity contribution in [1.29, 1.82) is 0 Å². The second kappa shape index (κ2) is 6.66. The summed E-state index contributed by atoms with van der Waals surface area (Å²) in [5, 5.41) is 4.02. The van der Waals surface area contributed by atoms with E-state index in [0.29, 0.717) is 0 Å². The topological polar surface area (TPSA) is 25.2 Å². The lowest BCUT2D eigenvalue weighted by atomic mass is 10.2. The van der Waals surface area contributed by atoms with Gasteiger partial charge in [-0.3, -0.25) is 0 Å². The SMILES string of the molecule is CNC(CSc1cccc(Cl)c1)c1occc1Br. The average molecular weight is 347 g/mol. The van der Waals surface area contributed by atoms with Crippen LogP contribution in [0.4, 0.5) is 0 Å². The predicted molar refractivity (Wildman–Crippen MR) is 80.4 cm³/mol. The Morgan fingerprint density at radius 2 is 2.28 bits per heavy atom. The normalized spacial score (nSPS) is 12.6. The maximum Gasteiger partial charge on any atom is 0.135 e. The second-order valence-electron chi connectivity index (χ2n) is 3.74. The maximum absolute atomic E-state index is 5.96. The van der Waals surface area contributed by atoms with Gasteiger partial charge in [0.05, 0.1) is 16.8 Å². The van der Waals surface area contributed by atoms with Crippen LogP contribution in [0.5, 0.6) is 0 Å². The molecular weight excluding hydrogens is 334 g/mol. The molecule has 96 valence electrons. The highest BCUT2D eigenvalue weighted by molar-refractivity contribution is 9.10. The molecule has 2 rings (SSSR count). The van der Waals surface area contributed by atoms with E-state index >= 15 is 0 Å². The minimum atomic E-state index is 0.165. The quantitative estimate of drug-likeness (QED) is 0.791. The van der Waals surface area contributed by atoms with Gasteiger partial charge >= 0.3 is 0 Å². The number of nitrogens with one attached hydrogen (secondary N) is 1. The van der Waals surface area contributed by atoms with Crippen LogP contribution in [0.15, 0.2) is 50.4 Å². The Bertz CT molecular complexity index is 517. The Labute approximate surface area is 124 Å². The van der Waals surface area contributed by atoms with Crippen molar-refractivity contribution in [3.63, 3.8) is 0 Å². The third kappa shape index (κ3) is 3.54. The molecule has 1 atom stereocenters. The van der Waals surface area contributed by atoms with Crippen LogP contribution >= 0.6 is 39.3 Å². The van der Waals surface area contributed by atoms with Gasteiger partial charge in [0.2, 0.25) is 0 Å². The van der Waals surface area contributed by atoms with Crippen molar-refractivity contribution in [2.75, 3.05) is 12.8 Å². The van der Waals surface area contributed by atoms with E-state index in [-0.39, 0.29) is 6.04 Å². The molecule has 0 radical (unpaired) electrons. The first kappa shape index (κ1) is 14.0. The van der Waals surface area contributed by atoms with Crippen molar-refractivity contribution >= 4 is 39.3 Å². The third-order valence-corrected chi connectivity index (χ3v) is 4.50. The zero-order chi connectivity index (χ0) is 13.0. The molecule has 0 fully saturated rings. The zero-order valence-electron chi connectivity index (χ0n) is 9.82. The Kier molecular flexibility index (Phi) is 5.18. The van der Waals surface area contributed by atoms with Gasteiger partial charge in [-0.05, 0) is 47.2 Å². The highest BCUT2D eigenvalue weighted by atomic mass is 79.9. The number of rotatable bonds is 5. The van der Waals surface area contributed by atoms with Crippen molar-refractivity contribution < 1.29 is 4.42 Å². The van der Waals surface area contributed by atoms with Gasteiger partial charge in [0.15, 0.2) is 0 Å². The lowest BCUT2D eigenvalue weighted by molar-refractivity contribution is 0.450. The van der Waals surface area contributed by atoms with E-state index < -0.39 is 0 Å². The van der Waals surface area contributed by atoms with Crippen molar-refractivity contribution in [3.8, 4) is 0 Å².